The summed E-state index contributed by atoms with van der Waals surface area (Å²) in [5, 5.41) is 4.33. The number of aromatic nitrogens is 3. The van der Waals surface area contributed by atoms with Crippen LogP contribution in [-0.2, 0) is 6.42 Å². The van der Waals surface area contributed by atoms with Gasteiger partial charge in [0.15, 0.2) is 0 Å². The molecule has 0 saturated heterocycles. The van der Waals surface area contributed by atoms with Gasteiger partial charge >= 0.3 is 0 Å². The number of hydrogen-bond donors (Lipinski definition) is 1. The van der Waals surface area contributed by atoms with Gasteiger partial charge in [-0.2, -0.15) is 5.10 Å². The van der Waals surface area contributed by atoms with Gasteiger partial charge in [0.2, 0.25) is 5.88 Å². The zero-order chi connectivity index (χ0) is 13.9. The van der Waals surface area contributed by atoms with Crippen molar-refractivity contribution in [3.05, 3.63) is 54.0 Å². The molecule has 0 atom stereocenters. The summed E-state index contributed by atoms with van der Waals surface area (Å²) in [7, 11) is 0. The Morgan fingerprint density at radius 2 is 2.15 bits per heavy atom. The first-order valence-corrected chi connectivity index (χ1v) is 6.51. The van der Waals surface area contributed by atoms with E-state index in [1.165, 1.54) is 0 Å². The second-order valence-corrected chi connectivity index (χ2v) is 4.65. The second kappa shape index (κ2) is 5.21. The van der Waals surface area contributed by atoms with Gasteiger partial charge in [-0.15, -0.1) is 0 Å². The minimum atomic E-state index is 0.533. The smallest absolute Gasteiger partial charge is 0.240 e. The topological polar surface area (TPSA) is 65.4 Å². The van der Waals surface area contributed by atoms with Crippen LogP contribution < -0.4 is 10.5 Å². The largest absolute Gasteiger partial charge is 0.476 e. The first kappa shape index (κ1) is 12.5. The van der Waals surface area contributed by atoms with Gasteiger partial charge in [-0.3, -0.25) is 0 Å². The number of aryl methyl sites for hydroxylation is 1. The van der Waals surface area contributed by atoms with E-state index >= 15 is 0 Å². The highest BCUT2D eigenvalue weighted by Gasteiger charge is 2.06. The number of fused-ring (bicyclic) bond motifs is 1. The molecule has 2 heterocycles. The molecule has 3 aromatic rings. The molecule has 20 heavy (non-hydrogen) atoms. The number of nitrogens with zero attached hydrogens (tertiary/aromatic N) is 3. The van der Waals surface area contributed by atoms with Gasteiger partial charge in [0.1, 0.15) is 5.52 Å². The Hall–Kier alpha value is -2.56. The third-order valence-corrected chi connectivity index (χ3v) is 3.14. The summed E-state index contributed by atoms with van der Waals surface area (Å²) in [6.07, 6.45) is 4.25. The van der Waals surface area contributed by atoms with Gasteiger partial charge in [0.25, 0.3) is 0 Å². The van der Waals surface area contributed by atoms with Crippen LogP contribution in [0.25, 0.3) is 5.52 Å². The van der Waals surface area contributed by atoms with E-state index in [-0.39, 0.29) is 0 Å². The first-order chi connectivity index (χ1) is 9.74. The SMILES string of the molecule is Cc1cc2c(OCCc3ccccc3N)nccn2n1. The molecule has 2 N–H and O–H groups in total. The molecule has 0 spiro atoms. The summed E-state index contributed by atoms with van der Waals surface area (Å²) in [4.78, 5) is 4.26. The number of nitrogen functional groups attached to an aromatic ring is 1. The fraction of sp³-hybridized carbons (Fsp3) is 0.200. The molecule has 2 aromatic heterocycles. The molecule has 0 bridgehead atoms. The molecule has 0 fully saturated rings. The lowest BCUT2D eigenvalue weighted by Crippen LogP contribution is -2.05. The van der Waals surface area contributed by atoms with Crippen LogP contribution >= 0.6 is 0 Å². The monoisotopic (exact) mass is 268 g/mol. The average molecular weight is 268 g/mol. The fourth-order valence-corrected chi connectivity index (χ4v) is 2.15. The Bertz CT molecular complexity index is 736. The first-order valence-electron chi connectivity index (χ1n) is 6.51. The summed E-state index contributed by atoms with van der Waals surface area (Å²) in [6, 6.07) is 9.77. The molecule has 3 rings (SSSR count). The van der Waals surface area contributed by atoms with E-state index in [0.29, 0.717) is 12.5 Å². The van der Waals surface area contributed by atoms with E-state index in [9.17, 15) is 0 Å². The van der Waals surface area contributed by atoms with Gasteiger partial charge in [-0.1, -0.05) is 18.2 Å². The molecular formula is C15H16N4O. The zero-order valence-electron chi connectivity index (χ0n) is 11.3. The minimum Gasteiger partial charge on any atom is -0.476 e. The van der Waals surface area contributed by atoms with E-state index in [2.05, 4.69) is 10.1 Å². The highest BCUT2D eigenvalue weighted by molar-refractivity contribution is 5.56. The summed E-state index contributed by atoms with van der Waals surface area (Å²) < 4.78 is 7.54. The van der Waals surface area contributed by atoms with Crippen molar-refractivity contribution in [2.45, 2.75) is 13.3 Å². The molecule has 0 aliphatic carbocycles. The van der Waals surface area contributed by atoms with Crippen molar-refractivity contribution < 1.29 is 4.74 Å². The summed E-state index contributed by atoms with van der Waals surface area (Å²) in [5.41, 5.74) is 9.61. The molecule has 0 aliphatic heterocycles. The molecule has 0 unspecified atom stereocenters. The van der Waals surface area contributed by atoms with E-state index < -0.39 is 0 Å². The van der Waals surface area contributed by atoms with Gasteiger partial charge in [0, 0.05) is 24.5 Å². The lowest BCUT2D eigenvalue weighted by atomic mass is 10.1. The van der Waals surface area contributed by atoms with Crippen molar-refractivity contribution in [1.82, 2.24) is 14.6 Å². The zero-order valence-corrected chi connectivity index (χ0v) is 11.3. The lowest BCUT2D eigenvalue weighted by Gasteiger charge is -2.08. The Morgan fingerprint density at radius 3 is 3.00 bits per heavy atom. The highest BCUT2D eigenvalue weighted by atomic mass is 16.5. The quantitative estimate of drug-likeness (QED) is 0.737. The number of hydrogen-bond acceptors (Lipinski definition) is 4. The molecular weight excluding hydrogens is 252 g/mol. The maximum Gasteiger partial charge on any atom is 0.240 e. The van der Waals surface area contributed by atoms with Gasteiger partial charge in [0.05, 0.1) is 12.3 Å². The summed E-state index contributed by atoms with van der Waals surface area (Å²) in [6.45, 7) is 2.48. The lowest BCUT2D eigenvalue weighted by molar-refractivity contribution is 0.312. The molecule has 0 aliphatic rings. The fourth-order valence-electron chi connectivity index (χ4n) is 2.15. The molecule has 102 valence electrons. The van der Waals surface area contributed by atoms with Crippen LogP contribution in [-0.4, -0.2) is 21.2 Å². The Labute approximate surface area is 117 Å². The van der Waals surface area contributed by atoms with Gasteiger partial charge < -0.3 is 10.5 Å². The number of nitrogens with two attached hydrogens (primary N) is 1. The third-order valence-electron chi connectivity index (χ3n) is 3.14. The van der Waals surface area contributed by atoms with Crippen LogP contribution in [0.15, 0.2) is 42.7 Å². The highest BCUT2D eigenvalue weighted by Crippen LogP contribution is 2.18. The van der Waals surface area contributed by atoms with E-state index in [0.717, 1.165) is 28.9 Å². The van der Waals surface area contributed by atoms with Crippen LogP contribution in [0.2, 0.25) is 0 Å². The summed E-state index contributed by atoms with van der Waals surface area (Å²) >= 11 is 0. The number of rotatable bonds is 4. The molecule has 5 nitrogen and oxygen atoms in total. The van der Waals surface area contributed by atoms with Crippen molar-refractivity contribution >= 4 is 11.2 Å². The summed E-state index contributed by atoms with van der Waals surface area (Å²) in [5.74, 6) is 0.600. The molecule has 0 radical (unpaired) electrons. The van der Waals surface area contributed by atoms with Crippen molar-refractivity contribution in [3.8, 4) is 5.88 Å². The number of para-hydroxylation sites is 1. The Morgan fingerprint density at radius 1 is 1.30 bits per heavy atom. The Kier molecular flexibility index (Phi) is 3.25. The van der Waals surface area contributed by atoms with Crippen molar-refractivity contribution in [3.63, 3.8) is 0 Å². The molecule has 0 saturated carbocycles. The van der Waals surface area contributed by atoms with Crippen LogP contribution in [0.1, 0.15) is 11.3 Å². The maximum atomic E-state index is 5.91. The molecule has 5 heteroatoms. The second-order valence-electron chi connectivity index (χ2n) is 4.65. The Balaban J connectivity index is 1.73. The standard InChI is InChI=1S/C15H16N4O/c1-11-10-14-15(17-7-8-19(14)18-11)20-9-6-12-4-2-3-5-13(12)16/h2-5,7-8,10H,6,9,16H2,1H3. The minimum absolute atomic E-state index is 0.533. The van der Waals surface area contributed by atoms with Crippen molar-refractivity contribution in [2.75, 3.05) is 12.3 Å². The van der Waals surface area contributed by atoms with E-state index in [1.54, 1.807) is 10.7 Å². The van der Waals surface area contributed by atoms with Crippen molar-refractivity contribution in [1.29, 1.82) is 0 Å². The number of ether oxygens (including phenoxy) is 1. The van der Waals surface area contributed by atoms with E-state index in [1.807, 2.05) is 43.5 Å². The van der Waals surface area contributed by atoms with E-state index in [4.69, 9.17) is 10.5 Å². The molecule has 1 aromatic carbocycles. The average Bonchev–Trinajstić information content (AvgIpc) is 2.82. The van der Waals surface area contributed by atoms with Crippen molar-refractivity contribution in [2.24, 2.45) is 0 Å². The molecule has 0 amide bonds. The van der Waals surface area contributed by atoms with Crippen LogP contribution in [0.5, 0.6) is 5.88 Å². The van der Waals surface area contributed by atoms with Gasteiger partial charge in [-0.25, -0.2) is 9.50 Å². The third kappa shape index (κ3) is 2.42. The predicted molar refractivity (Wildman–Crippen MR) is 77.8 cm³/mol. The normalized spacial score (nSPS) is 10.8. The number of benzene rings is 1. The van der Waals surface area contributed by atoms with Gasteiger partial charge in [-0.05, 0) is 24.6 Å². The number of anilines is 1. The van der Waals surface area contributed by atoms with Crippen LogP contribution in [0, 0.1) is 6.92 Å². The van der Waals surface area contributed by atoms with Crippen LogP contribution in [0.3, 0.4) is 0 Å². The predicted octanol–water partition coefficient (Wildman–Crippen LogP) is 2.24. The maximum absolute atomic E-state index is 5.91. The van der Waals surface area contributed by atoms with Crippen LogP contribution in [0.4, 0.5) is 5.69 Å².